The van der Waals surface area contributed by atoms with Gasteiger partial charge in [0, 0.05) is 26.2 Å². The standard InChI is InChI=1S/C22H37N5O.HI/c1-4-26-14-8-10-19(26)16-24-22(23-2)25-17-21(27-12-5-6-13-27)18-9-7-11-20(15-18)28-3;/h7,9,11,15,19,21H,4-6,8,10,12-14,16-17H2,1-3H3,(H2,23,24,25);1H. The second-order valence-electron chi connectivity index (χ2n) is 7.79. The molecule has 0 amide bonds. The van der Waals surface area contributed by atoms with Gasteiger partial charge >= 0.3 is 0 Å². The van der Waals surface area contributed by atoms with E-state index in [0.29, 0.717) is 12.1 Å². The van der Waals surface area contributed by atoms with Gasteiger partial charge in [0.1, 0.15) is 5.75 Å². The number of guanidine groups is 1. The molecule has 2 fully saturated rings. The lowest BCUT2D eigenvalue weighted by Gasteiger charge is -2.29. The van der Waals surface area contributed by atoms with E-state index >= 15 is 0 Å². The maximum absolute atomic E-state index is 5.45. The van der Waals surface area contributed by atoms with Crippen molar-refractivity contribution in [2.45, 2.75) is 44.7 Å². The van der Waals surface area contributed by atoms with Crippen LogP contribution in [0.4, 0.5) is 0 Å². The molecule has 0 spiro atoms. The minimum Gasteiger partial charge on any atom is -0.497 e. The Hall–Kier alpha value is -1.06. The van der Waals surface area contributed by atoms with Gasteiger partial charge < -0.3 is 15.4 Å². The van der Waals surface area contributed by atoms with Crippen LogP contribution in [0.5, 0.6) is 5.75 Å². The average Bonchev–Trinajstić information content (AvgIpc) is 3.42. The molecule has 164 valence electrons. The molecule has 0 saturated carbocycles. The lowest BCUT2D eigenvalue weighted by Crippen LogP contribution is -2.47. The van der Waals surface area contributed by atoms with Gasteiger partial charge in [0.05, 0.1) is 13.2 Å². The second kappa shape index (κ2) is 12.6. The molecule has 7 heteroatoms. The van der Waals surface area contributed by atoms with E-state index in [4.69, 9.17) is 4.74 Å². The predicted octanol–water partition coefficient (Wildman–Crippen LogP) is 3.10. The summed E-state index contributed by atoms with van der Waals surface area (Å²) in [6.45, 7) is 8.72. The van der Waals surface area contributed by atoms with Crippen LogP contribution >= 0.6 is 24.0 Å². The molecule has 6 nitrogen and oxygen atoms in total. The summed E-state index contributed by atoms with van der Waals surface area (Å²) in [6.07, 6.45) is 5.14. The molecule has 2 aliphatic rings. The lowest BCUT2D eigenvalue weighted by molar-refractivity contribution is 0.244. The molecule has 29 heavy (non-hydrogen) atoms. The molecular weight excluding hydrogens is 477 g/mol. The fourth-order valence-electron chi connectivity index (χ4n) is 4.53. The topological polar surface area (TPSA) is 52.1 Å². The summed E-state index contributed by atoms with van der Waals surface area (Å²) in [5, 5.41) is 7.13. The maximum atomic E-state index is 5.45. The first-order valence-corrected chi connectivity index (χ1v) is 10.8. The van der Waals surface area contributed by atoms with Crippen LogP contribution in [0, 0.1) is 0 Å². The van der Waals surface area contributed by atoms with E-state index in [2.05, 4.69) is 50.5 Å². The molecule has 0 bridgehead atoms. The van der Waals surface area contributed by atoms with Crippen molar-refractivity contribution >= 4 is 29.9 Å². The zero-order valence-electron chi connectivity index (χ0n) is 18.2. The Morgan fingerprint density at radius 3 is 2.69 bits per heavy atom. The summed E-state index contributed by atoms with van der Waals surface area (Å²) < 4.78 is 5.45. The average molecular weight is 515 g/mol. The van der Waals surface area contributed by atoms with Crippen molar-refractivity contribution < 1.29 is 4.74 Å². The van der Waals surface area contributed by atoms with E-state index in [1.807, 2.05) is 13.1 Å². The number of hydrogen-bond acceptors (Lipinski definition) is 4. The van der Waals surface area contributed by atoms with Crippen molar-refractivity contribution in [2.75, 3.05) is 53.4 Å². The van der Waals surface area contributed by atoms with Gasteiger partial charge in [-0.05, 0) is 69.6 Å². The number of nitrogens with one attached hydrogen (secondary N) is 2. The summed E-state index contributed by atoms with van der Waals surface area (Å²) in [6, 6.07) is 9.43. The molecule has 2 atom stereocenters. The molecule has 2 aliphatic heterocycles. The monoisotopic (exact) mass is 515 g/mol. The number of likely N-dealkylation sites (tertiary alicyclic amines) is 2. The predicted molar refractivity (Wildman–Crippen MR) is 132 cm³/mol. The molecule has 2 unspecified atom stereocenters. The first-order chi connectivity index (χ1) is 13.7. The van der Waals surface area contributed by atoms with Gasteiger partial charge in [-0.3, -0.25) is 14.8 Å². The zero-order chi connectivity index (χ0) is 19.8. The molecule has 2 heterocycles. The molecule has 1 aromatic rings. The Morgan fingerprint density at radius 2 is 2.00 bits per heavy atom. The van der Waals surface area contributed by atoms with Crippen LogP contribution < -0.4 is 15.4 Å². The third-order valence-electron chi connectivity index (χ3n) is 6.16. The number of benzene rings is 1. The molecule has 0 radical (unpaired) electrons. The van der Waals surface area contributed by atoms with Crippen molar-refractivity contribution in [2.24, 2.45) is 4.99 Å². The number of nitrogens with zero attached hydrogens (tertiary/aromatic N) is 3. The van der Waals surface area contributed by atoms with Crippen LogP contribution in [0.1, 0.15) is 44.2 Å². The van der Waals surface area contributed by atoms with E-state index in [9.17, 15) is 0 Å². The Labute approximate surface area is 193 Å². The number of aliphatic imine (C=N–C) groups is 1. The Kier molecular flexibility index (Phi) is 10.5. The highest BCUT2D eigenvalue weighted by atomic mass is 127. The highest BCUT2D eigenvalue weighted by Crippen LogP contribution is 2.27. The van der Waals surface area contributed by atoms with Crippen molar-refractivity contribution in [3.05, 3.63) is 29.8 Å². The van der Waals surface area contributed by atoms with Crippen molar-refractivity contribution in [3.63, 3.8) is 0 Å². The summed E-state index contributed by atoms with van der Waals surface area (Å²) in [4.78, 5) is 9.59. The molecule has 0 aliphatic carbocycles. The highest BCUT2D eigenvalue weighted by molar-refractivity contribution is 14.0. The molecule has 0 aromatic heterocycles. The third kappa shape index (κ3) is 6.72. The van der Waals surface area contributed by atoms with E-state index in [-0.39, 0.29) is 24.0 Å². The van der Waals surface area contributed by atoms with Gasteiger partial charge in [-0.2, -0.15) is 0 Å². The summed E-state index contributed by atoms with van der Waals surface area (Å²) in [5.41, 5.74) is 1.30. The first-order valence-electron chi connectivity index (χ1n) is 10.8. The molecule has 2 saturated heterocycles. The molecular formula is C22H38IN5O. The first kappa shape index (κ1) is 24.2. The molecule has 1 aromatic carbocycles. The number of rotatable bonds is 8. The van der Waals surface area contributed by atoms with E-state index in [1.54, 1.807) is 7.11 Å². The van der Waals surface area contributed by atoms with Crippen molar-refractivity contribution in [3.8, 4) is 5.75 Å². The minimum absolute atomic E-state index is 0. The van der Waals surface area contributed by atoms with Crippen LogP contribution in [0.3, 0.4) is 0 Å². The Bertz CT molecular complexity index is 635. The van der Waals surface area contributed by atoms with E-state index in [0.717, 1.165) is 44.4 Å². The fourth-order valence-corrected chi connectivity index (χ4v) is 4.53. The largest absolute Gasteiger partial charge is 0.497 e. The zero-order valence-corrected chi connectivity index (χ0v) is 20.5. The summed E-state index contributed by atoms with van der Waals surface area (Å²) >= 11 is 0. The van der Waals surface area contributed by atoms with E-state index < -0.39 is 0 Å². The fraction of sp³-hybridized carbons (Fsp3) is 0.682. The minimum atomic E-state index is 0. The summed E-state index contributed by atoms with van der Waals surface area (Å²) in [7, 11) is 3.59. The number of likely N-dealkylation sites (N-methyl/N-ethyl adjacent to an activating group) is 1. The van der Waals surface area contributed by atoms with Crippen LogP contribution in [0.15, 0.2) is 29.3 Å². The van der Waals surface area contributed by atoms with Gasteiger partial charge in [-0.25, -0.2) is 0 Å². The molecule has 3 rings (SSSR count). The maximum Gasteiger partial charge on any atom is 0.191 e. The number of methoxy groups -OCH3 is 1. The number of halogens is 1. The number of ether oxygens (including phenoxy) is 1. The van der Waals surface area contributed by atoms with Gasteiger partial charge in [-0.15, -0.1) is 24.0 Å². The van der Waals surface area contributed by atoms with Gasteiger partial charge in [0.2, 0.25) is 0 Å². The van der Waals surface area contributed by atoms with Gasteiger partial charge in [-0.1, -0.05) is 19.1 Å². The van der Waals surface area contributed by atoms with Gasteiger partial charge in [0.15, 0.2) is 5.96 Å². The quantitative estimate of drug-likeness (QED) is 0.317. The SMILES string of the molecule is CCN1CCCC1CNC(=NC)NCC(c1cccc(OC)c1)N1CCCC1.I. The normalized spacial score (nSPS) is 21.6. The third-order valence-corrected chi connectivity index (χ3v) is 6.16. The molecule has 2 N–H and O–H groups in total. The van der Waals surface area contributed by atoms with Crippen molar-refractivity contribution in [1.82, 2.24) is 20.4 Å². The van der Waals surface area contributed by atoms with Crippen LogP contribution in [0.25, 0.3) is 0 Å². The Balaban J connectivity index is 0.00000300. The highest BCUT2D eigenvalue weighted by Gasteiger charge is 2.25. The smallest absolute Gasteiger partial charge is 0.191 e. The lowest BCUT2D eigenvalue weighted by atomic mass is 10.1. The van der Waals surface area contributed by atoms with Crippen molar-refractivity contribution in [1.29, 1.82) is 0 Å². The number of hydrogen-bond donors (Lipinski definition) is 2. The van der Waals surface area contributed by atoms with Crippen LogP contribution in [-0.4, -0.2) is 75.2 Å². The van der Waals surface area contributed by atoms with Gasteiger partial charge in [0.25, 0.3) is 0 Å². The van der Waals surface area contributed by atoms with Crippen LogP contribution in [0.2, 0.25) is 0 Å². The van der Waals surface area contributed by atoms with E-state index in [1.165, 1.54) is 37.8 Å². The van der Waals surface area contributed by atoms with Crippen LogP contribution in [-0.2, 0) is 0 Å². The Morgan fingerprint density at radius 1 is 1.21 bits per heavy atom. The summed E-state index contributed by atoms with van der Waals surface area (Å²) in [5.74, 6) is 1.82. The second-order valence-corrected chi connectivity index (χ2v) is 7.79.